The zero-order valence-electron chi connectivity index (χ0n) is 9.96. The Morgan fingerprint density at radius 2 is 1.87 bits per heavy atom. The highest BCUT2D eigenvalue weighted by molar-refractivity contribution is 4.71. The number of nitrogens with one attached hydrogen (secondary N) is 1. The van der Waals surface area contributed by atoms with E-state index in [4.69, 9.17) is 9.47 Å². The fourth-order valence-corrected chi connectivity index (χ4v) is 2.05. The molecule has 1 N–H and O–H groups in total. The fraction of sp³-hybridized carbons (Fsp3) is 1.00. The second-order valence-corrected chi connectivity index (χ2v) is 4.25. The maximum absolute atomic E-state index is 5.48. The molecule has 1 aliphatic rings. The van der Waals surface area contributed by atoms with Crippen LogP contribution in [0.2, 0.25) is 0 Å². The molecule has 0 amide bonds. The lowest BCUT2D eigenvalue weighted by atomic mass is 9.96. The summed E-state index contributed by atoms with van der Waals surface area (Å²) in [5.74, 6) is 0. The van der Waals surface area contributed by atoms with Crippen LogP contribution in [0, 0.1) is 0 Å². The summed E-state index contributed by atoms with van der Waals surface area (Å²) < 4.78 is 10.4. The Morgan fingerprint density at radius 3 is 2.60 bits per heavy atom. The van der Waals surface area contributed by atoms with Crippen molar-refractivity contribution in [2.45, 2.75) is 44.6 Å². The molecule has 1 rings (SSSR count). The van der Waals surface area contributed by atoms with Crippen LogP contribution in [-0.2, 0) is 9.47 Å². The molecule has 0 bridgehead atoms. The van der Waals surface area contributed by atoms with Crippen LogP contribution < -0.4 is 5.32 Å². The van der Waals surface area contributed by atoms with Gasteiger partial charge in [-0.2, -0.15) is 0 Å². The molecule has 1 aliphatic carbocycles. The lowest BCUT2D eigenvalue weighted by Crippen LogP contribution is -2.33. The Morgan fingerprint density at radius 1 is 1.07 bits per heavy atom. The molecule has 0 heterocycles. The Kier molecular flexibility index (Phi) is 7.88. The van der Waals surface area contributed by atoms with Gasteiger partial charge in [0.1, 0.15) is 0 Å². The third kappa shape index (κ3) is 6.88. The molecule has 3 heteroatoms. The normalized spacial score (nSPS) is 18.2. The van der Waals surface area contributed by atoms with Crippen molar-refractivity contribution < 1.29 is 9.47 Å². The molecule has 15 heavy (non-hydrogen) atoms. The van der Waals surface area contributed by atoms with Crippen molar-refractivity contribution in [2.75, 3.05) is 33.5 Å². The standard InChI is InChI=1S/C12H25NO2/c1-14-9-5-10-15-11-8-13-12-6-3-2-4-7-12/h12-13H,2-11H2,1H3. The number of methoxy groups -OCH3 is 1. The van der Waals surface area contributed by atoms with Gasteiger partial charge in [-0.25, -0.2) is 0 Å². The summed E-state index contributed by atoms with van der Waals surface area (Å²) in [5.41, 5.74) is 0. The molecule has 0 aliphatic heterocycles. The smallest absolute Gasteiger partial charge is 0.0591 e. The molecule has 0 unspecified atom stereocenters. The zero-order chi connectivity index (χ0) is 10.8. The first kappa shape index (κ1) is 12.9. The van der Waals surface area contributed by atoms with E-state index in [1.807, 2.05) is 0 Å². The van der Waals surface area contributed by atoms with Crippen LogP contribution >= 0.6 is 0 Å². The Balaban J connectivity index is 1.79. The van der Waals surface area contributed by atoms with Crippen molar-refractivity contribution in [2.24, 2.45) is 0 Å². The lowest BCUT2D eigenvalue weighted by molar-refractivity contribution is 0.102. The van der Waals surface area contributed by atoms with E-state index < -0.39 is 0 Å². The van der Waals surface area contributed by atoms with E-state index in [0.29, 0.717) is 0 Å². The van der Waals surface area contributed by atoms with Crippen LogP contribution in [0.15, 0.2) is 0 Å². The maximum atomic E-state index is 5.48. The van der Waals surface area contributed by atoms with Crippen LogP contribution in [-0.4, -0.2) is 39.5 Å². The molecule has 0 aromatic heterocycles. The van der Waals surface area contributed by atoms with Crippen molar-refractivity contribution in [3.8, 4) is 0 Å². The van der Waals surface area contributed by atoms with Gasteiger partial charge in [-0.05, 0) is 19.3 Å². The van der Waals surface area contributed by atoms with Crippen LogP contribution in [0.25, 0.3) is 0 Å². The average Bonchev–Trinajstić information content (AvgIpc) is 2.29. The highest BCUT2D eigenvalue weighted by Gasteiger charge is 2.11. The molecule has 0 aromatic carbocycles. The summed E-state index contributed by atoms with van der Waals surface area (Å²) in [6.45, 7) is 3.45. The molecule has 0 atom stereocenters. The Labute approximate surface area is 93.5 Å². The van der Waals surface area contributed by atoms with E-state index in [9.17, 15) is 0 Å². The topological polar surface area (TPSA) is 30.5 Å². The third-order valence-corrected chi connectivity index (χ3v) is 2.92. The van der Waals surface area contributed by atoms with Gasteiger partial charge in [0, 0.05) is 32.9 Å². The molecular weight excluding hydrogens is 190 g/mol. The lowest BCUT2D eigenvalue weighted by Gasteiger charge is -2.22. The second kappa shape index (κ2) is 9.13. The predicted octanol–water partition coefficient (Wildman–Crippen LogP) is 1.96. The SMILES string of the molecule is COCCCOCCNC1CCCCC1. The molecular formula is C12H25NO2. The maximum Gasteiger partial charge on any atom is 0.0591 e. The first-order valence-corrected chi connectivity index (χ1v) is 6.23. The molecule has 0 saturated heterocycles. The van der Waals surface area contributed by atoms with Gasteiger partial charge in [-0.3, -0.25) is 0 Å². The number of hydrogen-bond acceptors (Lipinski definition) is 3. The summed E-state index contributed by atoms with van der Waals surface area (Å²) >= 11 is 0. The van der Waals surface area contributed by atoms with E-state index in [1.54, 1.807) is 7.11 Å². The van der Waals surface area contributed by atoms with Gasteiger partial charge in [-0.1, -0.05) is 19.3 Å². The monoisotopic (exact) mass is 215 g/mol. The van der Waals surface area contributed by atoms with Crippen molar-refractivity contribution in [1.29, 1.82) is 0 Å². The van der Waals surface area contributed by atoms with Gasteiger partial charge in [-0.15, -0.1) is 0 Å². The molecule has 3 nitrogen and oxygen atoms in total. The van der Waals surface area contributed by atoms with Crippen molar-refractivity contribution in [3.05, 3.63) is 0 Å². The van der Waals surface area contributed by atoms with Gasteiger partial charge in [0.15, 0.2) is 0 Å². The third-order valence-electron chi connectivity index (χ3n) is 2.92. The van der Waals surface area contributed by atoms with E-state index in [0.717, 1.165) is 38.8 Å². The summed E-state index contributed by atoms with van der Waals surface area (Å²) in [7, 11) is 1.73. The van der Waals surface area contributed by atoms with Crippen molar-refractivity contribution in [1.82, 2.24) is 5.32 Å². The van der Waals surface area contributed by atoms with Crippen LogP contribution in [0.1, 0.15) is 38.5 Å². The van der Waals surface area contributed by atoms with Crippen LogP contribution in [0.3, 0.4) is 0 Å². The molecule has 0 spiro atoms. The molecule has 0 radical (unpaired) electrons. The predicted molar refractivity (Wildman–Crippen MR) is 62.2 cm³/mol. The Hall–Kier alpha value is -0.120. The zero-order valence-corrected chi connectivity index (χ0v) is 9.96. The van der Waals surface area contributed by atoms with E-state index in [-0.39, 0.29) is 0 Å². The summed E-state index contributed by atoms with van der Waals surface area (Å²) in [4.78, 5) is 0. The summed E-state index contributed by atoms with van der Waals surface area (Å²) in [6.07, 6.45) is 7.91. The molecule has 1 saturated carbocycles. The molecule has 0 aromatic rings. The minimum atomic E-state index is 0.751. The van der Waals surface area contributed by atoms with E-state index in [1.165, 1.54) is 32.1 Å². The first-order chi connectivity index (χ1) is 7.43. The molecule has 1 fully saturated rings. The van der Waals surface area contributed by atoms with Gasteiger partial charge in [0.05, 0.1) is 6.61 Å². The number of rotatable bonds is 8. The minimum absolute atomic E-state index is 0.751. The van der Waals surface area contributed by atoms with Crippen LogP contribution in [0.4, 0.5) is 0 Å². The average molecular weight is 215 g/mol. The largest absolute Gasteiger partial charge is 0.385 e. The van der Waals surface area contributed by atoms with Gasteiger partial charge >= 0.3 is 0 Å². The summed E-state index contributed by atoms with van der Waals surface area (Å²) in [6, 6.07) is 0.751. The fourth-order valence-electron chi connectivity index (χ4n) is 2.05. The van der Waals surface area contributed by atoms with Gasteiger partial charge in [0.25, 0.3) is 0 Å². The van der Waals surface area contributed by atoms with Gasteiger partial charge < -0.3 is 14.8 Å². The van der Waals surface area contributed by atoms with E-state index in [2.05, 4.69) is 5.32 Å². The highest BCUT2D eigenvalue weighted by Crippen LogP contribution is 2.16. The number of hydrogen-bond donors (Lipinski definition) is 1. The Bertz CT molecular complexity index is 136. The molecule has 90 valence electrons. The van der Waals surface area contributed by atoms with Crippen molar-refractivity contribution in [3.63, 3.8) is 0 Å². The van der Waals surface area contributed by atoms with E-state index >= 15 is 0 Å². The van der Waals surface area contributed by atoms with Crippen molar-refractivity contribution >= 4 is 0 Å². The second-order valence-electron chi connectivity index (χ2n) is 4.25. The van der Waals surface area contributed by atoms with Crippen LogP contribution in [0.5, 0.6) is 0 Å². The quantitative estimate of drug-likeness (QED) is 0.628. The number of ether oxygens (including phenoxy) is 2. The first-order valence-electron chi connectivity index (χ1n) is 6.23. The highest BCUT2D eigenvalue weighted by atomic mass is 16.5. The summed E-state index contributed by atoms with van der Waals surface area (Å²) in [5, 5.41) is 3.56. The minimum Gasteiger partial charge on any atom is -0.385 e. The van der Waals surface area contributed by atoms with Gasteiger partial charge in [0.2, 0.25) is 0 Å².